The van der Waals surface area contributed by atoms with E-state index in [9.17, 15) is 20.1 Å². The standard InChI is InChI=1S/C22H18N4O3S/c1-2-29-18-10-8-17(9-11-18)26-20(27)12-19(22(26)28)30-21(15(13-23)14-24)25-16-6-4-3-5-7-16/h3-11,19,25H,2,12H2,1H3. The molecule has 2 aromatic carbocycles. The van der Waals surface area contributed by atoms with Crippen molar-refractivity contribution in [2.45, 2.75) is 18.6 Å². The molecule has 0 bridgehead atoms. The number of anilines is 2. The Morgan fingerprint density at radius 2 is 1.80 bits per heavy atom. The zero-order chi connectivity index (χ0) is 21.5. The van der Waals surface area contributed by atoms with Crippen LogP contribution in [0.15, 0.2) is 65.2 Å². The van der Waals surface area contributed by atoms with Gasteiger partial charge in [-0.15, -0.1) is 0 Å². The van der Waals surface area contributed by atoms with Crippen molar-refractivity contribution < 1.29 is 14.3 Å². The molecule has 1 saturated heterocycles. The van der Waals surface area contributed by atoms with Gasteiger partial charge in [0.05, 0.1) is 17.5 Å². The number of nitrogens with one attached hydrogen (secondary N) is 1. The van der Waals surface area contributed by atoms with E-state index >= 15 is 0 Å². The molecule has 30 heavy (non-hydrogen) atoms. The highest BCUT2D eigenvalue weighted by Crippen LogP contribution is 2.35. The highest BCUT2D eigenvalue weighted by molar-refractivity contribution is 8.04. The van der Waals surface area contributed by atoms with Gasteiger partial charge in [0, 0.05) is 12.1 Å². The van der Waals surface area contributed by atoms with Crippen LogP contribution in [0, 0.1) is 22.7 Å². The van der Waals surface area contributed by atoms with Gasteiger partial charge in [0.25, 0.3) is 0 Å². The summed E-state index contributed by atoms with van der Waals surface area (Å²) in [7, 11) is 0. The number of benzene rings is 2. The third kappa shape index (κ3) is 4.62. The highest BCUT2D eigenvalue weighted by Gasteiger charge is 2.41. The molecule has 7 nitrogen and oxygen atoms in total. The fourth-order valence-corrected chi connectivity index (χ4v) is 4.00. The summed E-state index contributed by atoms with van der Waals surface area (Å²) in [6, 6.07) is 19.4. The Kier molecular flexibility index (Phi) is 6.74. The Morgan fingerprint density at radius 3 is 2.40 bits per heavy atom. The number of ether oxygens (including phenoxy) is 1. The van der Waals surface area contributed by atoms with Gasteiger partial charge < -0.3 is 10.1 Å². The Balaban J connectivity index is 1.82. The van der Waals surface area contributed by atoms with Crippen LogP contribution < -0.4 is 15.0 Å². The predicted molar refractivity (Wildman–Crippen MR) is 114 cm³/mol. The second-order valence-electron chi connectivity index (χ2n) is 6.22. The molecular weight excluding hydrogens is 400 g/mol. The molecule has 1 N–H and O–H groups in total. The molecule has 3 rings (SSSR count). The lowest BCUT2D eigenvalue weighted by molar-refractivity contribution is -0.121. The number of rotatable bonds is 7. The number of imide groups is 1. The predicted octanol–water partition coefficient (Wildman–Crippen LogP) is 3.82. The van der Waals surface area contributed by atoms with Crippen LogP contribution in [0.4, 0.5) is 11.4 Å². The average molecular weight is 418 g/mol. The van der Waals surface area contributed by atoms with Crippen molar-refractivity contribution in [3.05, 3.63) is 65.2 Å². The lowest BCUT2D eigenvalue weighted by atomic mass is 10.3. The Bertz CT molecular complexity index is 1040. The third-order valence-electron chi connectivity index (χ3n) is 4.25. The van der Waals surface area contributed by atoms with Crippen LogP contribution >= 0.6 is 11.8 Å². The molecular formula is C22H18N4O3S. The molecule has 0 radical (unpaired) electrons. The van der Waals surface area contributed by atoms with Crippen molar-refractivity contribution in [2.24, 2.45) is 0 Å². The van der Waals surface area contributed by atoms with Crippen molar-refractivity contribution in [2.75, 3.05) is 16.8 Å². The van der Waals surface area contributed by atoms with Crippen LogP contribution in [0.3, 0.4) is 0 Å². The lowest BCUT2D eigenvalue weighted by Gasteiger charge is -2.17. The van der Waals surface area contributed by atoms with Crippen LogP contribution in [0.25, 0.3) is 0 Å². The highest BCUT2D eigenvalue weighted by atomic mass is 32.2. The van der Waals surface area contributed by atoms with E-state index in [1.54, 1.807) is 48.5 Å². The first-order valence-corrected chi connectivity index (χ1v) is 10.1. The number of carbonyl (C=O) groups is 2. The van der Waals surface area contributed by atoms with Gasteiger partial charge in [0.2, 0.25) is 11.8 Å². The van der Waals surface area contributed by atoms with Crippen LogP contribution in [-0.4, -0.2) is 23.7 Å². The fraction of sp³-hybridized carbons (Fsp3) is 0.182. The zero-order valence-electron chi connectivity index (χ0n) is 16.2. The fourth-order valence-electron chi connectivity index (χ4n) is 2.90. The first-order chi connectivity index (χ1) is 14.6. The van der Waals surface area contributed by atoms with Crippen molar-refractivity contribution in [3.8, 4) is 17.9 Å². The molecule has 1 aliphatic heterocycles. The van der Waals surface area contributed by atoms with Gasteiger partial charge in [-0.3, -0.25) is 9.59 Å². The van der Waals surface area contributed by atoms with Crippen LogP contribution in [0.5, 0.6) is 5.75 Å². The number of carbonyl (C=O) groups excluding carboxylic acids is 2. The number of hydrogen-bond donors (Lipinski definition) is 1. The first-order valence-electron chi connectivity index (χ1n) is 9.20. The first kappa shape index (κ1) is 21.0. The molecule has 2 aromatic rings. The van der Waals surface area contributed by atoms with Gasteiger partial charge >= 0.3 is 0 Å². The lowest BCUT2D eigenvalue weighted by Crippen LogP contribution is -2.31. The van der Waals surface area contributed by atoms with Crippen molar-refractivity contribution in [1.29, 1.82) is 10.5 Å². The van der Waals surface area contributed by atoms with Gasteiger partial charge in [-0.2, -0.15) is 10.5 Å². The maximum atomic E-state index is 13.0. The molecule has 0 aromatic heterocycles. The summed E-state index contributed by atoms with van der Waals surface area (Å²) in [6.07, 6.45) is -0.0270. The van der Waals surface area contributed by atoms with Crippen LogP contribution in [-0.2, 0) is 9.59 Å². The molecule has 1 aliphatic rings. The van der Waals surface area contributed by atoms with Gasteiger partial charge in [-0.05, 0) is 43.3 Å². The second-order valence-corrected chi connectivity index (χ2v) is 7.44. The van der Waals surface area contributed by atoms with Gasteiger partial charge in [0.15, 0.2) is 5.57 Å². The number of nitriles is 2. The molecule has 2 amide bonds. The van der Waals surface area contributed by atoms with E-state index in [0.717, 1.165) is 16.7 Å². The number of para-hydroxylation sites is 1. The van der Waals surface area contributed by atoms with E-state index in [1.807, 2.05) is 25.1 Å². The van der Waals surface area contributed by atoms with Crippen molar-refractivity contribution in [3.63, 3.8) is 0 Å². The number of allylic oxidation sites excluding steroid dienone is 1. The number of nitrogens with zero attached hydrogens (tertiary/aromatic N) is 3. The molecule has 1 heterocycles. The largest absolute Gasteiger partial charge is 0.494 e. The molecule has 0 saturated carbocycles. The Hall–Kier alpha value is -3.75. The van der Waals surface area contributed by atoms with E-state index in [-0.39, 0.29) is 22.9 Å². The summed E-state index contributed by atoms with van der Waals surface area (Å²) in [4.78, 5) is 26.6. The minimum atomic E-state index is -0.744. The molecule has 0 aliphatic carbocycles. The van der Waals surface area contributed by atoms with Gasteiger partial charge in [0.1, 0.15) is 22.9 Å². The quantitative estimate of drug-likeness (QED) is 0.538. The van der Waals surface area contributed by atoms with E-state index in [0.29, 0.717) is 23.7 Å². The maximum Gasteiger partial charge on any atom is 0.247 e. The Labute approximate surface area is 178 Å². The average Bonchev–Trinajstić information content (AvgIpc) is 3.03. The SMILES string of the molecule is CCOc1ccc(N2C(=O)CC(SC(Nc3ccccc3)=C(C#N)C#N)C2=O)cc1. The van der Waals surface area contributed by atoms with Crippen LogP contribution in [0.1, 0.15) is 13.3 Å². The molecule has 0 spiro atoms. The molecule has 8 heteroatoms. The molecule has 1 atom stereocenters. The summed E-state index contributed by atoms with van der Waals surface area (Å²) >= 11 is 1.01. The number of thioether (sulfide) groups is 1. The van der Waals surface area contributed by atoms with E-state index in [1.165, 1.54) is 0 Å². The van der Waals surface area contributed by atoms with Crippen molar-refractivity contribution in [1.82, 2.24) is 0 Å². The summed E-state index contributed by atoms with van der Waals surface area (Å²) < 4.78 is 5.39. The minimum absolute atomic E-state index is 0.0270. The number of hydrogen-bond acceptors (Lipinski definition) is 7. The number of amides is 2. The van der Waals surface area contributed by atoms with Gasteiger partial charge in [-0.1, -0.05) is 30.0 Å². The van der Waals surface area contributed by atoms with Crippen molar-refractivity contribution >= 4 is 35.0 Å². The Morgan fingerprint density at radius 1 is 1.13 bits per heavy atom. The van der Waals surface area contributed by atoms with E-state index < -0.39 is 11.2 Å². The smallest absolute Gasteiger partial charge is 0.247 e. The second kappa shape index (κ2) is 9.64. The summed E-state index contributed by atoms with van der Waals surface area (Å²) in [5.74, 6) is -0.0795. The van der Waals surface area contributed by atoms with E-state index in [4.69, 9.17) is 4.74 Å². The summed E-state index contributed by atoms with van der Waals surface area (Å²) in [5, 5.41) is 21.1. The normalized spacial score (nSPS) is 15.3. The third-order valence-corrected chi connectivity index (χ3v) is 5.45. The topological polar surface area (TPSA) is 106 Å². The molecule has 1 unspecified atom stereocenters. The summed E-state index contributed by atoms with van der Waals surface area (Å²) in [5.41, 5.74) is 0.977. The molecule has 1 fully saturated rings. The zero-order valence-corrected chi connectivity index (χ0v) is 17.0. The summed E-state index contributed by atoms with van der Waals surface area (Å²) in [6.45, 7) is 2.39. The maximum absolute atomic E-state index is 13.0. The van der Waals surface area contributed by atoms with E-state index in [2.05, 4.69) is 5.32 Å². The molecule has 150 valence electrons. The monoisotopic (exact) mass is 418 g/mol. The van der Waals surface area contributed by atoms with Crippen LogP contribution in [0.2, 0.25) is 0 Å². The van der Waals surface area contributed by atoms with Gasteiger partial charge in [-0.25, -0.2) is 4.90 Å². The minimum Gasteiger partial charge on any atom is -0.494 e.